The van der Waals surface area contributed by atoms with E-state index in [1.54, 1.807) is 0 Å². The van der Waals surface area contributed by atoms with Gasteiger partial charge in [-0.25, -0.2) is 0 Å². The number of allylic oxidation sites excluding steroid dienone is 2. The fourth-order valence-electron chi connectivity index (χ4n) is 3.23. The number of unbranched alkanes of at least 4 members (excludes halogenated alkanes) is 16. The van der Waals surface area contributed by atoms with Gasteiger partial charge in [0.25, 0.3) is 0 Å². The lowest BCUT2D eigenvalue weighted by atomic mass is 10.1. The largest absolute Gasteiger partial charge is 0.481 e. The van der Waals surface area contributed by atoms with Crippen molar-refractivity contribution in [3.8, 4) is 0 Å². The first-order valence-electron chi connectivity index (χ1n) is 11.1. The average molecular weight is 353 g/mol. The summed E-state index contributed by atoms with van der Waals surface area (Å²) in [4.78, 5) is 10.4. The van der Waals surface area contributed by atoms with Crippen LogP contribution in [0.5, 0.6) is 0 Å². The van der Waals surface area contributed by atoms with Crippen LogP contribution in [0.2, 0.25) is 0 Å². The van der Waals surface area contributed by atoms with Crippen LogP contribution in [0.4, 0.5) is 0 Å². The molecule has 0 saturated carbocycles. The summed E-state index contributed by atoms with van der Waals surface area (Å²) >= 11 is 0. The number of carbonyl (C=O) groups is 1. The average Bonchev–Trinajstić information content (AvgIpc) is 2.60. The summed E-state index contributed by atoms with van der Waals surface area (Å²) in [5.74, 6) is -0.656. The van der Waals surface area contributed by atoms with Gasteiger partial charge >= 0.3 is 5.97 Å². The molecule has 0 saturated heterocycles. The van der Waals surface area contributed by atoms with Gasteiger partial charge in [-0.1, -0.05) is 103 Å². The maximum Gasteiger partial charge on any atom is 0.303 e. The molecule has 0 fully saturated rings. The van der Waals surface area contributed by atoms with Gasteiger partial charge < -0.3 is 5.11 Å². The second-order valence-corrected chi connectivity index (χ2v) is 7.50. The van der Waals surface area contributed by atoms with E-state index in [0.29, 0.717) is 6.42 Å². The van der Waals surface area contributed by atoms with Gasteiger partial charge in [0.05, 0.1) is 0 Å². The van der Waals surface area contributed by atoms with E-state index >= 15 is 0 Å². The van der Waals surface area contributed by atoms with Gasteiger partial charge in [0, 0.05) is 6.42 Å². The van der Waals surface area contributed by atoms with Gasteiger partial charge in [-0.3, -0.25) is 4.79 Å². The minimum absolute atomic E-state index is 0.340. The van der Waals surface area contributed by atoms with Gasteiger partial charge in [-0.05, 0) is 32.1 Å². The van der Waals surface area contributed by atoms with Crippen molar-refractivity contribution < 1.29 is 9.90 Å². The molecule has 0 bridgehead atoms. The number of rotatable bonds is 20. The van der Waals surface area contributed by atoms with Gasteiger partial charge in [-0.2, -0.15) is 0 Å². The molecule has 0 aliphatic heterocycles. The first-order chi connectivity index (χ1) is 12.3. The third-order valence-electron chi connectivity index (χ3n) is 4.90. The van der Waals surface area contributed by atoms with Crippen LogP contribution in [0.3, 0.4) is 0 Å². The van der Waals surface area contributed by atoms with Crippen molar-refractivity contribution in [1.29, 1.82) is 0 Å². The fourth-order valence-corrected chi connectivity index (χ4v) is 3.23. The molecule has 148 valence electrons. The highest BCUT2D eigenvalue weighted by Crippen LogP contribution is 2.12. The van der Waals surface area contributed by atoms with Crippen molar-refractivity contribution in [2.45, 2.75) is 129 Å². The van der Waals surface area contributed by atoms with Crippen LogP contribution >= 0.6 is 0 Å². The molecule has 0 heterocycles. The number of carboxylic acid groups (broad SMARTS) is 1. The van der Waals surface area contributed by atoms with E-state index in [1.165, 1.54) is 103 Å². The van der Waals surface area contributed by atoms with Crippen molar-refractivity contribution >= 4 is 5.97 Å². The SMILES string of the molecule is CCCCCCCCC/C=C\CCCCCCCCCCCC(=O)O. The van der Waals surface area contributed by atoms with Crippen molar-refractivity contribution in [3.63, 3.8) is 0 Å². The van der Waals surface area contributed by atoms with Crippen LogP contribution in [0.25, 0.3) is 0 Å². The monoisotopic (exact) mass is 352 g/mol. The van der Waals surface area contributed by atoms with Crippen LogP contribution in [0, 0.1) is 0 Å². The van der Waals surface area contributed by atoms with Crippen molar-refractivity contribution in [3.05, 3.63) is 12.2 Å². The van der Waals surface area contributed by atoms with Crippen LogP contribution in [0.15, 0.2) is 12.2 Å². The fraction of sp³-hybridized carbons (Fsp3) is 0.870. The van der Waals surface area contributed by atoms with E-state index in [4.69, 9.17) is 5.11 Å². The number of carboxylic acids is 1. The van der Waals surface area contributed by atoms with Crippen LogP contribution in [-0.4, -0.2) is 11.1 Å². The molecule has 0 rings (SSSR count). The van der Waals surface area contributed by atoms with E-state index in [0.717, 1.165) is 12.8 Å². The number of hydrogen-bond donors (Lipinski definition) is 1. The molecule has 2 heteroatoms. The van der Waals surface area contributed by atoms with Gasteiger partial charge in [-0.15, -0.1) is 0 Å². The lowest BCUT2D eigenvalue weighted by Crippen LogP contribution is -1.93. The quantitative estimate of drug-likeness (QED) is 0.178. The van der Waals surface area contributed by atoms with Crippen LogP contribution in [-0.2, 0) is 4.79 Å². The Bertz CT molecular complexity index is 296. The zero-order valence-corrected chi connectivity index (χ0v) is 16.9. The first kappa shape index (κ1) is 24.2. The second kappa shape index (κ2) is 21.3. The smallest absolute Gasteiger partial charge is 0.303 e. The normalized spacial score (nSPS) is 11.4. The number of aliphatic carboxylic acids is 1. The predicted molar refractivity (Wildman–Crippen MR) is 110 cm³/mol. The lowest BCUT2D eigenvalue weighted by molar-refractivity contribution is -0.137. The van der Waals surface area contributed by atoms with Gasteiger partial charge in [0.1, 0.15) is 0 Å². The Balaban J connectivity index is 3.07. The van der Waals surface area contributed by atoms with E-state index in [-0.39, 0.29) is 0 Å². The van der Waals surface area contributed by atoms with Crippen molar-refractivity contribution in [2.24, 2.45) is 0 Å². The van der Waals surface area contributed by atoms with Gasteiger partial charge in [0.2, 0.25) is 0 Å². The minimum Gasteiger partial charge on any atom is -0.481 e. The first-order valence-corrected chi connectivity index (χ1v) is 11.1. The van der Waals surface area contributed by atoms with E-state index in [1.807, 2.05) is 0 Å². The zero-order chi connectivity index (χ0) is 18.4. The summed E-state index contributed by atoms with van der Waals surface area (Å²) in [5.41, 5.74) is 0. The molecule has 0 aromatic heterocycles. The molecule has 0 amide bonds. The second-order valence-electron chi connectivity index (χ2n) is 7.50. The molecule has 0 unspecified atom stereocenters. The molecule has 0 aromatic rings. The molecule has 25 heavy (non-hydrogen) atoms. The Morgan fingerprint density at radius 1 is 0.600 bits per heavy atom. The molecule has 0 radical (unpaired) electrons. The minimum atomic E-state index is -0.656. The Morgan fingerprint density at radius 3 is 1.36 bits per heavy atom. The number of hydrogen-bond acceptors (Lipinski definition) is 1. The molecular formula is C23H44O2. The molecule has 1 N–H and O–H groups in total. The van der Waals surface area contributed by atoms with Crippen molar-refractivity contribution in [1.82, 2.24) is 0 Å². The third kappa shape index (κ3) is 23.2. The summed E-state index contributed by atoms with van der Waals surface area (Å²) in [6.45, 7) is 2.28. The lowest BCUT2D eigenvalue weighted by Gasteiger charge is -2.01. The zero-order valence-electron chi connectivity index (χ0n) is 16.9. The summed E-state index contributed by atoms with van der Waals surface area (Å²) in [5, 5.41) is 8.56. The summed E-state index contributed by atoms with van der Waals surface area (Å²) in [7, 11) is 0. The Morgan fingerprint density at radius 2 is 0.960 bits per heavy atom. The standard InChI is InChI=1S/C23H44O2/c1-2-3-4-5-6-7-8-9-10-11-12-13-14-15-16-17-18-19-20-21-22-23(24)25/h10-11H,2-9,12-22H2,1H3,(H,24,25)/b11-10-. The summed E-state index contributed by atoms with van der Waals surface area (Å²) < 4.78 is 0. The van der Waals surface area contributed by atoms with E-state index in [9.17, 15) is 4.79 Å². The summed E-state index contributed by atoms with van der Waals surface area (Å²) in [6.07, 6.45) is 28.6. The maximum atomic E-state index is 10.4. The van der Waals surface area contributed by atoms with Crippen molar-refractivity contribution in [2.75, 3.05) is 0 Å². The summed E-state index contributed by atoms with van der Waals surface area (Å²) in [6, 6.07) is 0. The van der Waals surface area contributed by atoms with E-state index in [2.05, 4.69) is 19.1 Å². The molecular weight excluding hydrogens is 308 g/mol. The molecule has 0 atom stereocenters. The molecule has 0 aromatic carbocycles. The highest BCUT2D eigenvalue weighted by molar-refractivity contribution is 5.66. The Hall–Kier alpha value is -0.790. The third-order valence-corrected chi connectivity index (χ3v) is 4.90. The van der Waals surface area contributed by atoms with Crippen LogP contribution < -0.4 is 0 Å². The molecule has 0 aliphatic rings. The highest BCUT2D eigenvalue weighted by atomic mass is 16.4. The maximum absolute atomic E-state index is 10.4. The Labute approximate surface area is 157 Å². The van der Waals surface area contributed by atoms with E-state index < -0.39 is 5.97 Å². The highest BCUT2D eigenvalue weighted by Gasteiger charge is 1.96. The van der Waals surface area contributed by atoms with Crippen LogP contribution in [0.1, 0.15) is 129 Å². The molecule has 0 aliphatic carbocycles. The van der Waals surface area contributed by atoms with Gasteiger partial charge in [0.15, 0.2) is 0 Å². The molecule has 0 spiro atoms. The topological polar surface area (TPSA) is 37.3 Å². The molecule has 2 nitrogen and oxygen atoms in total. The Kier molecular flexibility index (Phi) is 20.6. The predicted octanol–water partition coefficient (Wildman–Crippen LogP) is 8.06.